The zero-order chi connectivity index (χ0) is 11.8. The van der Waals surface area contributed by atoms with Crippen LogP contribution in [0.4, 0.5) is 0 Å². The van der Waals surface area contributed by atoms with E-state index in [4.69, 9.17) is 5.73 Å². The maximum Gasteiger partial charge on any atom is 0.00702 e. The van der Waals surface area contributed by atoms with Crippen LogP contribution in [0.3, 0.4) is 0 Å². The van der Waals surface area contributed by atoms with Crippen molar-refractivity contribution in [3.8, 4) is 0 Å². The second-order valence-corrected chi connectivity index (χ2v) is 5.72. The number of hydrogen-bond donors (Lipinski definition) is 1. The van der Waals surface area contributed by atoms with Crippen LogP contribution in [0.1, 0.15) is 50.7 Å². The lowest BCUT2D eigenvalue weighted by molar-refractivity contribution is 0.418. The lowest BCUT2D eigenvalue weighted by atomic mass is 9.89. The van der Waals surface area contributed by atoms with Crippen molar-refractivity contribution in [1.82, 2.24) is 0 Å². The fourth-order valence-corrected chi connectivity index (χ4v) is 2.38. The minimum Gasteiger partial charge on any atom is -0.327 e. The lowest BCUT2D eigenvalue weighted by Gasteiger charge is -2.19. The number of hydrogen-bond acceptors (Lipinski definition) is 1. The predicted molar refractivity (Wildman–Crippen MR) is 69.6 cm³/mol. The maximum atomic E-state index is 6.06. The van der Waals surface area contributed by atoms with Crippen molar-refractivity contribution in [2.45, 2.75) is 52.0 Å². The molecule has 2 N–H and O–H groups in total. The molecule has 1 aliphatic carbocycles. The average molecular weight is 217 g/mol. The van der Waals surface area contributed by atoms with E-state index < -0.39 is 0 Å². The molecule has 1 aromatic rings. The molecule has 88 valence electrons. The van der Waals surface area contributed by atoms with Gasteiger partial charge in [0.2, 0.25) is 0 Å². The summed E-state index contributed by atoms with van der Waals surface area (Å²) in [6, 6.07) is 9.40. The number of rotatable bonds is 4. The van der Waals surface area contributed by atoms with Crippen molar-refractivity contribution in [3.63, 3.8) is 0 Å². The summed E-state index contributed by atoms with van der Waals surface area (Å²) in [5.41, 5.74) is 9.34. The van der Waals surface area contributed by atoms with Gasteiger partial charge in [-0.3, -0.25) is 0 Å². The molecule has 1 unspecified atom stereocenters. The Morgan fingerprint density at radius 2 is 1.69 bits per heavy atom. The van der Waals surface area contributed by atoms with Crippen molar-refractivity contribution < 1.29 is 0 Å². The third-order valence-corrected chi connectivity index (χ3v) is 4.06. The highest BCUT2D eigenvalue weighted by atomic mass is 14.7. The first-order valence-corrected chi connectivity index (χ1v) is 6.38. The van der Waals surface area contributed by atoms with E-state index in [0.717, 1.165) is 6.42 Å². The van der Waals surface area contributed by atoms with E-state index >= 15 is 0 Å². The second kappa shape index (κ2) is 4.21. The molecule has 16 heavy (non-hydrogen) atoms. The Labute approximate surface area is 99.0 Å². The number of nitrogens with two attached hydrogens (primary N) is 1. The first kappa shape index (κ1) is 11.7. The molecule has 0 saturated heterocycles. The van der Waals surface area contributed by atoms with Crippen molar-refractivity contribution in [2.75, 3.05) is 0 Å². The molecule has 1 aromatic carbocycles. The summed E-state index contributed by atoms with van der Waals surface area (Å²) < 4.78 is 0. The van der Waals surface area contributed by atoms with E-state index in [2.05, 4.69) is 45.0 Å². The smallest absolute Gasteiger partial charge is 0.00702 e. The quantitative estimate of drug-likeness (QED) is 0.821. The molecule has 0 amide bonds. The normalized spacial score (nSPS) is 19.8. The van der Waals surface area contributed by atoms with Gasteiger partial charge in [-0.15, -0.1) is 0 Å². The van der Waals surface area contributed by atoms with Gasteiger partial charge < -0.3 is 5.73 Å². The van der Waals surface area contributed by atoms with Crippen LogP contribution in [0.25, 0.3) is 0 Å². The maximum absolute atomic E-state index is 6.06. The summed E-state index contributed by atoms with van der Waals surface area (Å²) in [5, 5.41) is 0. The molecule has 0 bridgehead atoms. The van der Waals surface area contributed by atoms with Crippen LogP contribution in [0.5, 0.6) is 0 Å². The van der Waals surface area contributed by atoms with Gasteiger partial charge in [0.1, 0.15) is 0 Å². The predicted octanol–water partition coefficient (Wildman–Crippen LogP) is 3.48. The molecule has 0 heterocycles. The first-order chi connectivity index (χ1) is 7.53. The summed E-state index contributed by atoms with van der Waals surface area (Å²) >= 11 is 0. The minimum absolute atomic E-state index is 0.331. The van der Waals surface area contributed by atoms with Gasteiger partial charge in [-0.25, -0.2) is 0 Å². The summed E-state index contributed by atoms with van der Waals surface area (Å²) in [4.78, 5) is 0. The Morgan fingerprint density at radius 3 is 2.06 bits per heavy atom. The fourth-order valence-electron chi connectivity index (χ4n) is 2.38. The van der Waals surface area contributed by atoms with Gasteiger partial charge in [-0.1, -0.05) is 38.1 Å². The first-order valence-electron chi connectivity index (χ1n) is 6.38. The standard InChI is InChI=1S/C15H23N/c1-11(2)14-6-4-13(5-7-14)10-15(8-9-15)12(3)16/h4-7,11-12H,8-10,16H2,1-3H3. The summed E-state index contributed by atoms with van der Waals surface area (Å²) in [5.74, 6) is 0.623. The Kier molecular flexibility index (Phi) is 3.07. The topological polar surface area (TPSA) is 26.0 Å². The largest absolute Gasteiger partial charge is 0.327 e. The van der Waals surface area contributed by atoms with Gasteiger partial charge in [0.25, 0.3) is 0 Å². The molecule has 0 spiro atoms. The average Bonchev–Trinajstić information content (AvgIpc) is 3.00. The second-order valence-electron chi connectivity index (χ2n) is 5.72. The summed E-state index contributed by atoms with van der Waals surface area (Å²) in [6.45, 7) is 6.62. The minimum atomic E-state index is 0.331. The lowest BCUT2D eigenvalue weighted by Crippen LogP contribution is -2.29. The Balaban J connectivity index is 2.06. The van der Waals surface area contributed by atoms with E-state index in [1.54, 1.807) is 0 Å². The highest BCUT2D eigenvalue weighted by Crippen LogP contribution is 2.50. The van der Waals surface area contributed by atoms with E-state index in [1.807, 2.05) is 0 Å². The summed E-state index contributed by atoms with van der Waals surface area (Å²) in [7, 11) is 0. The van der Waals surface area contributed by atoms with Crippen LogP contribution in [-0.4, -0.2) is 6.04 Å². The van der Waals surface area contributed by atoms with E-state index in [1.165, 1.54) is 24.0 Å². The Bertz CT molecular complexity index is 344. The van der Waals surface area contributed by atoms with Gasteiger partial charge in [0, 0.05) is 6.04 Å². The van der Waals surface area contributed by atoms with E-state index in [0.29, 0.717) is 17.4 Å². The van der Waals surface area contributed by atoms with Crippen LogP contribution in [0.15, 0.2) is 24.3 Å². The zero-order valence-electron chi connectivity index (χ0n) is 10.7. The van der Waals surface area contributed by atoms with Crippen LogP contribution in [-0.2, 0) is 6.42 Å². The van der Waals surface area contributed by atoms with Gasteiger partial charge >= 0.3 is 0 Å². The molecule has 1 saturated carbocycles. The molecule has 0 radical (unpaired) electrons. The van der Waals surface area contributed by atoms with Crippen molar-refractivity contribution in [2.24, 2.45) is 11.1 Å². The molecule has 1 atom stereocenters. The third kappa shape index (κ3) is 2.30. The molecule has 0 aromatic heterocycles. The van der Waals surface area contributed by atoms with Crippen molar-refractivity contribution in [3.05, 3.63) is 35.4 Å². The summed E-state index contributed by atoms with van der Waals surface area (Å²) in [6.07, 6.45) is 3.76. The van der Waals surface area contributed by atoms with Gasteiger partial charge in [-0.2, -0.15) is 0 Å². The highest BCUT2D eigenvalue weighted by Gasteiger charge is 2.45. The van der Waals surface area contributed by atoms with Crippen LogP contribution < -0.4 is 5.73 Å². The van der Waals surface area contributed by atoms with Crippen molar-refractivity contribution >= 4 is 0 Å². The van der Waals surface area contributed by atoms with E-state index in [9.17, 15) is 0 Å². The van der Waals surface area contributed by atoms with Crippen LogP contribution in [0, 0.1) is 5.41 Å². The van der Waals surface area contributed by atoms with Crippen LogP contribution >= 0.6 is 0 Å². The van der Waals surface area contributed by atoms with Gasteiger partial charge in [0.05, 0.1) is 0 Å². The third-order valence-electron chi connectivity index (χ3n) is 4.06. The van der Waals surface area contributed by atoms with Crippen LogP contribution in [0.2, 0.25) is 0 Å². The molecular formula is C15H23N. The molecule has 0 aliphatic heterocycles. The monoisotopic (exact) mass is 217 g/mol. The molecule has 1 nitrogen and oxygen atoms in total. The molecule has 1 fully saturated rings. The SMILES string of the molecule is CC(C)c1ccc(CC2(C(C)N)CC2)cc1. The Morgan fingerprint density at radius 1 is 1.12 bits per heavy atom. The molecule has 2 rings (SSSR count). The zero-order valence-corrected chi connectivity index (χ0v) is 10.7. The Hall–Kier alpha value is -0.820. The molecule has 1 heteroatoms. The number of benzene rings is 1. The van der Waals surface area contributed by atoms with Gasteiger partial charge in [-0.05, 0) is 48.6 Å². The molecular weight excluding hydrogens is 194 g/mol. The highest BCUT2D eigenvalue weighted by molar-refractivity contribution is 5.26. The fraction of sp³-hybridized carbons (Fsp3) is 0.600. The van der Waals surface area contributed by atoms with Crippen molar-refractivity contribution in [1.29, 1.82) is 0 Å². The van der Waals surface area contributed by atoms with Gasteiger partial charge in [0.15, 0.2) is 0 Å². The molecule has 1 aliphatic rings. The van der Waals surface area contributed by atoms with E-state index in [-0.39, 0.29) is 0 Å².